The molecule has 1 atom stereocenters. The Bertz CT molecular complexity index is 304. The Hall–Kier alpha value is -0.580. The van der Waals surface area contributed by atoms with Crippen molar-refractivity contribution in [2.45, 2.75) is 13.0 Å². The SMILES string of the molecule is Cc1ccc(NCC(N)CO)c(Br)c1. The minimum Gasteiger partial charge on any atom is -0.395 e. The number of aryl methyl sites for hydroxylation is 1. The van der Waals surface area contributed by atoms with Gasteiger partial charge < -0.3 is 16.2 Å². The van der Waals surface area contributed by atoms with Crippen LogP contribution in [-0.2, 0) is 0 Å². The molecule has 4 heteroatoms. The number of benzene rings is 1. The number of nitrogens with one attached hydrogen (secondary N) is 1. The van der Waals surface area contributed by atoms with Gasteiger partial charge in [0.25, 0.3) is 0 Å². The molecule has 0 bridgehead atoms. The first kappa shape index (κ1) is 11.5. The van der Waals surface area contributed by atoms with Crippen molar-refractivity contribution in [1.29, 1.82) is 0 Å². The first-order chi connectivity index (χ1) is 6.63. The summed E-state index contributed by atoms with van der Waals surface area (Å²) in [5.74, 6) is 0. The van der Waals surface area contributed by atoms with E-state index in [2.05, 4.69) is 21.2 Å². The molecule has 0 heterocycles. The van der Waals surface area contributed by atoms with Gasteiger partial charge >= 0.3 is 0 Å². The molecule has 1 unspecified atom stereocenters. The normalized spacial score (nSPS) is 12.6. The van der Waals surface area contributed by atoms with Crippen LogP contribution >= 0.6 is 15.9 Å². The first-order valence-electron chi connectivity index (χ1n) is 4.50. The van der Waals surface area contributed by atoms with Gasteiger partial charge in [0.15, 0.2) is 0 Å². The summed E-state index contributed by atoms with van der Waals surface area (Å²) in [4.78, 5) is 0. The quantitative estimate of drug-likeness (QED) is 0.767. The van der Waals surface area contributed by atoms with Crippen LogP contribution in [0.5, 0.6) is 0 Å². The van der Waals surface area contributed by atoms with Crippen LogP contribution in [-0.4, -0.2) is 24.3 Å². The van der Waals surface area contributed by atoms with E-state index in [-0.39, 0.29) is 12.6 Å². The number of nitrogens with two attached hydrogens (primary N) is 1. The van der Waals surface area contributed by atoms with Gasteiger partial charge in [-0.2, -0.15) is 0 Å². The Morgan fingerprint density at radius 2 is 2.29 bits per heavy atom. The number of anilines is 1. The van der Waals surface area contributed by atoms with Gasteiger partial charge in [-0.15, -0.1) is 0 Å². The van der Waals surface area contributed by atoms with Gasteiger partial charge in [0.2, 0.25) is 0 Å². The third-order valence-corrected chi connectivity index (χ3v) is 2.57. The molecule has 0 radical (unpaired) electrons. The molecule has 4 N–H and O–H groups in total. The highest BCUT2D eigenvalue weighted by Gasteiger charge is 2.02. The number of halogens is 1. The molecular formula is C10H15BrN2O. The Morgan fingerprint density at radius 1 is 1.57 bits per heavy atom. The summed E-state index contributed by atoms with van der Waals surface area (Å²) < 4.78 is 1.02. The standard InChI is InChI=1S/C10H15BrN2O/c1-7-2-3-10(9(11)4-7)13-5-8(12)6-14/h2-4,8,13-14H,5-6,12H2,1H3. The summed E-state index contributed by atoms with van der Waals surface area (Å²) in [7, 11) is 0. The number of hydrogen-bond donors (Lipinski definition) is 3. The molecule has 1 aromatic carbocycles. The summed E-state index contributed by atoms with van der Waals surface area (Å²) in [5.41, 5.74) is 7.78. The molecule has 0 spiro atoms. The summed E-state index contributed by atoms with van der Waals surface area (Å²) in [6.45, 7) is 2.60. The van der Waals surface area contributed by atoms with Gasteiger partial charge in [0, 0.05) is 22.7 Å². The summed E-state index contributed by atoms with van der Waals surface area (Å²) >= 11 is 3.45. The topological polar surface area (TPSA) is 58.3 Å². The fraction of sp³-hybridized carbons (Fsp3) is 0.400. The minimum atomic E-state index is -0.219. The Morgan fingerprint density at radius 3 is 2.86 bits per heavy atom. The molecule has 0 saturated carbocycles. The maximum absolute atomic E-state index is 8.75. The largest absolute Gasteiger partial charge is 0.395 e. The van der Waals surface area contributed by atoms with E-state index in [1.165, 1.54) is 5.56 Å². The second-order valence-corrected chi connectivity index (χ2v) is 4.16. The molecule has 78 valence electrons. The Balaban J connectivity index is 2.59. The van der Waals surface area contributed by atoms with Crippen molar-refractivity contribution >= 4 is 21.6 Å². The molecular weight excluding hydrogens is 244 g/mol. The fourth-order valence-corrected chi connectivity index (χ4v) is 1.70. The lowest BCUT2D eigenvalue weighted by Crippen LogP contribution is -2.32. The highest BCUT2D eigenvalue weighted by Crippen LogP contribution is 2.22. The van der Waals surface area contributed by atoms with Crippen molar-refractivity contribution < 1.29 is 5.11 Å². The summed E-state index contributed by atoms with van der Waals surface area (Å²) in [6.07, 6.45) is 0. The molecule has 1 rings (SSSR count). The van der Waals surface area contributed by atoms with Crippen LogP contribution < -0.4 is 11.1 Å². The number of aliphatic hydroxyl groups excluding tert-OH is 1. The van der Waals surface area contributed by atoms with Gasteiger partial charge in [-0.1, -0.05) is 6.07 Å². The summed E-state index contributed by atoms with van der Waals surface area (Å²) in [6, 6.07) is 5.83. The molecule has 0 aliphatic carbocycles. The Labute approximate surface area is 92.4 Å². The maximum Gasteiger partial charge on any atom is 0.0599 e. The Kier molecular flexibility index (Phi) is 4.38. The highest BCUT2D eigenvalue weighted by atomic mass is 79.9. The molecule has 14 heavy (non-hydrogen) atoms. The predicted molar refractivity (Wildman–Crippen MR) is 62.4 cm³/mol. The zero-order valence-corrected chi connectivity index (χ0v) is 9.71. The predicted octanol–water partition coefficient (Wildman–Crippen LogP) is 1.49. The van der Waals surface area contributed by atoms with E-state index in [4.69, 9.17) is 10.8 Å². The molecule has 1 aromatic rings. The van der Waals surface area contributed by atoms with Crippen molar-refractivity contribution in [1.82, 2.24) is 0 Å². The van der Waals surface area contributed by atoms with Crippen molar-refractivity contribution in [3.05, 3.63) is 28.2 Å². The van der Waals surface area contributed by atoms with Crippen LogP contribution in [0, 0.1) is 6.92 Å². The highest BCUT2D eigenvalue weighted by molar-refractivity contribution is 9.10. The molecule has 0 amide bonds. The molecule has 0 saturated heterocycles. The fourth-order valence-electron chi connectivity index (χ4n) is 1.07. The van der Waals surface area contributed by atoms with Crippen LogP contribution in [0.1, 0.15) is 5.56 Å². The van der Waals surface area contributed by atoms with Crippen molar-refractivity contribution in [3.63, 3.8) is 0 Å². The summed E-state index contributed by atoms with van der Waals surface area (Å²) in [5, 5.41) is 11.9. The zero-order valence-electron chi connectivity index (χ0n) is 8.13. The molecule has 0 aliphatic heterocycles. The van der Waals surface area contributed by atoms with Crippen LogP contribution in [0.4, 0.5) is 5.69 Å². The van der Waals surface area contributed by atoms with Crippen molar-refractivity contribution in [3.8, 4) is 0 Å². The molecule has 0 fully saturated rings. The van der Waals surface area contributed by atoms with E-state index in [9.17, 15) is 0 Å². The molecule has 0 aromatic heterocycles. The number of aliphatic hydroxyl groups is 1. The van der Waals surface area contributed by atoms with Gasteiger partial charge in [0.1, 0.15) is 0 Å². The van der Waals surface area contributed by atoms with E-state index in [1.54, 1.807) is 0 Å². The smallest absolute Gasteiger partial charge is 0.0599 e. The van der Waals surface area contributed by atoms with Crippen molar-refractivity contribution in [2.24, 2.45) is 5.73 Å². The minimum absolute atomic E-state index is 0.00349. The molecule has 3 nitrogen and oxygen atoms in total. The second-order valence-electron chi connectivity index (χ2n) is 3.31. The van der Waals surface area contributed by atoms with E-state index in [1.807, 2.05) is 25.1 Å². The second kappa shape index (κ2) is 5.34. The monoisotopic (exact) mass is 258 g/mol. The zero-order chi connectivity index (χ0) is 10.6. The lowest BCUT2D eigenvalue weighted by Gasteiger charge is -2.12. The van der Waals surface area contributed by atoms with E-state index in [0.29, 0.717) is 6.54 Å². The van der Waals surface area contributed by atoms with Crippen molar-refractivity contribution in [2.75, 3.05) is 18.5 Å². The first-order valence-corrected chi connectivity index (χ1v) is 5.29. The lowest BCUT2D eigenvalue weighted by atomic mass is 10.2. The van der Waals surface area contributed by atoms with Crippen LogP contribution in [0.25, 0.3) is 0 Å². The average Bonchev–Trinajstić information content (AvgIpc) is 2.16. The van der Waals surface area contributed by atoms with Gasteiger partial charge in [-0.05, 0) is 40.5 Å². The molecule has 0 aliphatic rings. The van der Waals surface area contributed by atoms with Gasteiger partial charge in [-0.25, -0.2) is 0 Å². The lowest BCUT2D eigenvalue weighted by molar-refractivity contribution is 0.270. The van der Waals surface area contributed by atoms with E-state index >= 15 is 0 Å². The third kappa shape index (κ3) is 3.29. The van der Waals surface area contributed by atoms with Gasteiger partial charge in [-0.3, -0.25) is 0 Å². The third-order valence-electron chi connectivity index (χ3n) is 1.91. The van der Waals surface area contributed by atoms with Crippen LogP contribution in [0.15, 0.2) is 22.7 Å². The van der Waals surface area contributed by atoms with Crippen LogP contribution in [0.2, 0.25) is 0 Å². The van der Waals surface area contributed by atoms with Crippen LogP contribution in [0.3, 0.4) is 0 Å². The number of rotatable bonds is 4. The maximum atomic E-state index is 8.75. The van der Waals surface area contributed by atoms with E-state index in [0.717, 1.165) is 10.2 Å². The van der Waals surface area contributed by atoms with Gasteiger partial charge in [0.05, 0.1) is 6.61 Å². The number of hydrogen-bond acceptors (Lipinski definition) is 3. The van der Waals surface area contributed by atoms with E-state index < -0.39 is 0 Å². The average molecular weight is 259 g/mol.